The van der Waals surface area contributed by atoms with Crippen LogP contribution >= 0.6 is 0 Å². The Kier molecular flexibility index (Phi) is 4.63. The molecular formula is C22H23N5O3. The van der Waals surface area contributed by atoms with Crippen molar-refractivity contribution in [1.82, 2.24) is 24.4 Å². The Hall–Kier alpha value is -3.39. The van der Waals surface area contributed by atoms with Crippen LogP contribution in [0.1, 0.15) is 34.8 Å². The van der Waals surface area contributed by atoms with Crippen LogP contribution in [-0.4, -0.2) is 50.6 Å². The molecule has 154 valence electrons. The molecule has 1 aromatic carbocycles. The van der Waals surface area contributed by atoms with Gasteiger partial charge in [0.25, 0.3) is 0 Å². The number of aromatic nitrogens is 4. The van der Waals surface area contributed by atoms with Crippen molar-refractivity contribution in [3.8, 4) is 0 Å². The molecule has 4 aromatic rings. The first-order valence-electron chi connectivity index (χ1n) is 10.1. The Morgan fingerprint density at radius 2 is 2.10 bits per heavy atom. The summed E-state index contributed by atoms with van der Waals surface area (Å²) in [6.45, 7) is 2.55. The van der Waals surface area contributed by atoms with Gasteiger partial charge in [0.1, 0.15) is 5.65 Å². The molecule has 2 N–H and O–H groups in total. The number of aromatic amines is 2. The van der Waals surface area contributed by atoms with Crippen molar-refractivity contribution in [2.45, 2.75) is 25.4 Å². The van der Waals surface area contributed by atoms with E-state index in [4.69, 9.17) is 4.74 Å². The highest BCUT2D eigenvalue weighted by atomic mass is 16.5. The number of pyridine rings is 1. The minimum Gasteiger partial charge on any atom is -0.465 e. The second-order valence-electron chi connectivity index (χ2n) is 7.78. The largest absolute Gasteiger partial charge is 0.465 e. The smallest absolute Gasteiger partial charge is 0.337 e. The molecule has 0 amide bonds. The number of benzene rings is 1. The average Bonchev–Trinajstić information content (AvgIpc) is 3.37. The highest BCUT2D eigenvalue weighted by Gasteiger charge is 2.25. The number of fused-ring (bicyclic) bond motifs is 3. The molecule has 30 heavy (non-hydrogen) atoms. The predicted molar refractivity (Wildman–Crippen MR) is 114 cm³/mol. The van der Waals surface area contributed by atoms with Gasteiger partial charge < -0.3 is 14.7 Å². The molecule has 1 saturated heterocycles. The molecule has 0 radical (unpaired) electrons. The quantitative estimate of drug-likeness (QED) is 0.509. The zero-order valence-corrected chi connectivity index (χ0v) is 16.7. The number of carbonyl (C=O) groups is 1. The Morgan fingerprint density at radius 1 is 1.27 bits per heavy atom. The molecule has 1 unspecified atom stereocenters. The number of piperidine rings is 1. The molecule has 3 aromatic heterocycles. The Bertz CT molecular complexity index is 1270. The first kappa shape index (κ1) is 18.6. The maximum atomic E-state index is 12.8. The zero-order chi connectivity index (χ0) is 20.7. The molecule has 1 fully saturated rings. The van der Waals surface area contributed by atoms with Gasteiger partial charge in [-0.15, -0.1) is 0 Å². The number of hydrogen-bond donors (Lipinski definition) is 2. The summed E-state index contributed by atoms with van der Waals surface area (Å²) in [6, 6.07) is 9.57. The van der Waals surface area contributed by atoms with Gasteiger partial charge in [-0.3, -0.25) is 9.47 Å². The van der Waals surface area contributed by atoms with Gasteiger partial charge in [0.15, 0.2) is 0 Å². The van der Waals surface area contributed by atoms with Crippen molar-refractivity contribution in [1.29, 1.82) is 0 Å². The Balaban J connectivity index is 1.41. The van der Waals surface area contributed by atoms with E-state index >= 15 is 0 Å². The number of hydrogen-bond acceptors (Lipinski definition) is 5. The van der Waals surface area contributed by atoms with Crippen LogP contribution in [0, 0.1) is 0 Å². The van der Waals surface area contributed by atoms with Gasteiger partial charge in [0.05, 0.1) is 35.9 Å². The van der Waals surface area contributed by atoms with E-state index < -0.39 is 0 Å². The highest BCUT2D eigenvalue weighted by Crippen LogP contribution is 2.28. The predicted octanol–water partition coefficient (Wildman–Crippen LogP) is 2.83. The fourth-order valence-corrected chi connectivity index (χ4v) is 4.48. The van der Waals surface area contributed by atoms with Crippen LogP contribution in [0.3, 0.4) is 0 Å². The number of methoxy groups -OCH3 is 1. The summed E-state index contributed by atoms with van der Waals surface area (Å²) in [6.07, 6.45) is 5.55. The van der Waals surface area contributed by atoms with Crippen molar-refractivity contribution in [3.63, 3.8) is 0 Å². The Labute approximate surface area is 172 Å². The summed E-state index contributed by atoms with van der Waals surface area (Å²) >= 11 is 0. The number of rotatable bonds is 4. The first-order chi connectivity index (χ1) is 14.6. The molecule has 1 aliphatic heterocycles. The molecule has 0 spiro atoms. The van der Waals surface area contributed by atoms with Crippen molar-refractivity contribution in [2.75, 3.05) is 20.2 Å². The molecular weight excluding hydrogens is 382 g/mol. The maximum absolute atomic E-state index is 12.8. The van der Waals surface area contributed by atoms with Crippen LogP contribution in [0.15, 0.2) is 47.5 Å². The van der Waals surface area contributed by atoms with E-state index in [1.54, 1.807) is 18.3 Å². The minimum atomic E-state index is -0.330. The van der Waals surface area contributed by atoms with Gasteiger partial charge in [-0.2, -0.15) is 0 Å². The number of H-pyrrole nitrogens is 2. The van der Waals surface area contributed by atoms with E-state index in [9.17, 15) is 9.59 Å². The monoisotopic (exact) mass is 405 g/mol. The standard InChI is InChI=1S/C22H23N5O3/c1-30-21(28)15-6-4-14(5-7-15)12-26-10-2-3-16(13-26)27-19-17-8-9-23-20(17)24-11-18(19)25-22(27)29/h4-9,11,16H,2-3,10,12-13H2,1H3,(H,23,24)(H,25,29). The summed E-state index contributed by atoms with van der Waals surface area (Å²) < 4.78 is 6.66. The molecule has 1 atom stereocenters. The Morgan fingerprint density at radius 3 is 2.90 bits per heavy atom. The second kappa shape index (κ2) is 7.46. The molecule has 1 aliphatic rings. The number of likely N-dealkylation sites (tertiary alicyclic amines) is 1. The van der Waals surface area contributed by atoms with Crippen LogP contribution in [-0.2, 0) is 11.3 Å². The molecule has 0 bridgehead atoms. The molecule has 0 aliphatic carbocycles. The summed E-state index contributed by atoms with van der Waals surface area (Å²) in [5, 5.41) is 0.960. The van der Waals surface area contributed by atoms with Crippen molar-refractivity contribution < 1.29 is 9.53 Å². The lowest BCUT2D eigenvalue weighted by Gasteiger charge is -2.33. The van der Waals surface area contributed by atoms with E-state index in [-0.39, 0.29) is 17.7 Å². The zero-order valence-electron chi connectivity index (χ0n) is 16.7. The number of carbonyl (C=O) groups excluding carboxylic acids is 1. The normalized spacial score (nSPS) is 17.6. The van der Waals surface area contributed by atoms with Gasteiger partial charge in [-0.05, 0) is 43.1 Å². The van der Waals surface area contributed by atoms with Crippen LogP contribution in [0.4, 0.5) is 0 Å². The average molecular weight is 405 g/mol. The number of esters is 1. The molecule has 8 heteroatoms. The third-order valence-electron chi connectivity index (χ3n) is 5.89. The third kappa shape index (κ3) is 3.19. The fraction of sp³-hybridized carbons (Fsp3) is 0.318. The lowest BCUT2D eigenvalue weighted by Crippen LogP contribution is -2.38. The SMILES string of the molecule is COC(=O)c1ccc(CN2CCCC(n3c(=O)[nH]c4cnc5[nH]ccc5c43)C2)cc1. The van der Waals surface area contributed by atoms with Crippen molar-refractivity contribution >= 4 is 28.0 Å². The van der Waals surface area contributed by atoms with E-state index in [0.29, 0.717) is 5.56 Å². The van der Waals surface area contributed by atoms with Gasteiger partial charge >= 0.3 is 11.7 Å². The summed E-state index contributed by atoms with van der Waals surface area (Å²) in [7, 11) is 1.38. The van der Waals surface area contributed by atoms with Crippen molar-refractivity contribution in [2.24, 2.45) is 0 Å². The summed E-state index contributed by atoms with van der Waals surface area (Å²) in [4.78, 5) is 37.3. The van der Waals surface area contributed by atoms with Gasteiger partial charge in [-0.25, -0.2) is 14.6 Å². The van der Waals surface area contributed by atoms with Gasteiger partial charge in [0.2, 0.25) is 0 Å². The topological polar surface area (TPSA) is 96.0 Å². The molecule has 5 rings (SSSR count). The van der Waals surface area contributed by atoms with E-state index in [0.717, 1.165) is 60.1 Å². The summed E-state index contributed by atoms with van der Waals surface area (Å²) in [5.41, 5.74) is 4.06. The fourth-order valence-electron chi connectivity index (χ4n) is 4.48. The molecule has 4 heterocycles. The number of nitrogens with one attached hydrogen (secondary N) is 2. The van der Waals surface area contributed by atoms with Crippen LogP contribution in [0.25, 0.3) is 22.1 Å². The van der Waals surface area contributed by atoms with E-state index in [1.165, 1.54) is 7.11 Å². The van der Waals surface area contributed by atoms with Crippen LogP contribution in [0.2, 0.25) is 0 Å². The van der Waals surface area contributed by atoms with E-state index in [2.05, 4.69) is 19.9 Å². The van der Waals surface area contributed by atoms with Gasteiger partial charge in [-0.1, -0.05) is 12.1 Å². The van der Waals surface area contributed by atoms with Crippen LogP contribution < -0.4 is 5.69 Å². The number of nitrogens with zero attached hydrogens (tertiary/aromatic N) is 3. The first-order valence-corrected chi connectivity index (χ1v) is 10.1. The molecule has 0 saturated carbocycles. The lowest BCUT2D eigenvalue weighted by atomic mass is 10.0. The third-order valence-corrected chi connectivity index (χ3v) is 5.89. The van der Waals surface area contributed by atoms with Crippen molar-refractivity contribution in [3.05, 3.63) is 64.3 Å². The second-order valence-corrected chi connectivity index (χ2v) is 7.78. The lowest BCUT2D eigenvalue weighted by molar-refractivity contribution is 0.0600. The highest BCUT2D eigenvalue weighted by molar-refractivity contribution is 6.00. The molecule has 8 nitrogen and oxygen atoms in total. The number of ether oxygens (including phenoxy) is 1. The summed E-state index contributed by atoms with van der Waals surface area (Å²) in [5.74, 6) is -0.330. The number of imidazole rings is 1. The van der Waals surface area contributed by atoms with Crippen LogP contribution in [0.5, 0.6) is 0 Å². The van der Waals surface area contributed by atoms with Gasteiger partial charge in [0, 0.05) is 24.7 Å². The van der Waals surface area contributed by atoms with E-state index in [1.807, 2.05) is 29.0 Å². The maximum Gasteiger partial charge on any atom is 0.337 e. The minimum absolute atomic E-state index is 0.0882.